The summed E-state index contributed by atoms with van der Waals surface area (Å²) in [5, 5.41) is 0. The van der Waals surface area contributed by atoms with E-state index >= 15 is 0 Å². The number of Topliss-reactive ketones (excluding diaryl/α,β-unsaturated/α-hetero) is 1. The number of nitrogens with zero attached hydrogens (tertiary/aromatic N) is 2. The van der Waals surface area contributed by atoms with Gasteiger partial charge in [0.05, 0.1) is 6.20 Å². The largest absolute Gasteiger partial charge is 0.459 e. The maximum atomic E-state index is 10.5. The van der Waals surface area contributed by atoms with E-state index in [1.807, 2.05) is 0 Å². The first kappa shape index (κ1) is 12.1. The molecule has 0 aromatic carbocycles. The van der Waals surface area contributed by atoms with E-state index in [0.29, 0.717) is 5.69 Å². The van der Waals surface area contributed by atoms with E-state index in [0.717, 1.165) is 0 Å². The van der Waals surface area contributed by atoms with Gasteiger partial charge in [0.2, 0.25) is 0 Å². The summed E-state index contributed by atoms with van der Waals surface area (Å²) in [5.74, 6) is -0.0527. The summed E-state index contributed by atoms with van der Waals surface area (Å²) in [6.07, 6.45) is 4.48. The van der Waals surface area contributed by atoms with Crippen LogP contribution in [0.4, 0.5) is 0 Å². The van der Waals surface area contributed by atoms with Crippen molar-refractivity contribution in [3.63, 3.8) is 0 Å². The smallest absolute Gasteiger partial charge is 0.179 e. The van der Waals surface area contributed by atoms with Crippen LogP contribution in [0.5, 0.6) is 0 Å². The minimum absolute atomic E-state index is 0.0527. The van der Waals surface area contributed by atoms with Crippen molar-refractivity contribution in [2.24, 2.45) is 0 Å². The zero-order chi connectivity index (χ0) is 10.3. The molecular weight excluding hydrogens is 212 g/mol. The van der Waals surface area contributed by atoms with Gasteiger partial charge < -0.3 is 8.76 Å². The molecule has 0 fully saturated rings. The van der Waals surface area contributed by atoms with Gasteiger partial charge in [-0.1, -0.05) is 9.64 Å². The van der Waals surface area contributed by atoms with Crippen LogP contribution in [0, 0.1) is 0 Å². The molecule has 0 bridgehead atoms. The van der Waals surface area contributed by atoms with Crippen molar-refractivity contribution in [3.05, 3.63) is 24.3 Å². The number of ketones is 1. The maximum absolute atomic E-state index is 10.5. The Balaban J connectivity index is 0.000000310. The SMILES string of the molecule is CC(=O)c1cnccn1.O=[S-](O)=S. The van der Waals surface area contributed by atoms with E-state index in [9.17, 15) is 4.79 Å². The molecule has 1 heterocycles. The molecule has 13 heavy (non-hydrogen) atoms. The van der Waals surface area contributed by atoms with Crippen LogP contribution < -0.4 is 0 Å². The highest BCUT2D eigenvalue weighted by molar-refractivity contribution is 8.18. The molecule has 0 saturated carbocycles. The van der Waals surface area contributed by atoms with Crippen LogP contribution in [-0.4, -0.2) is 20.3 Å². The number of rotatable bonds is 1. The molecular formula is C6H7N2O3S2-. The fourth-order valence-corrected chi connectivity index (χ4v) is 0.481. The van der Waals surface area contributed by atoms with Crippen LogP contribution in [0.1, 0.15) is 17.4 Å². The summed E-state index contributed by atoms with van der Waals surface area (Å²) in [6, 6.07) is 0. The van der Waals surface area contributed by atoms with E-state index in [4.69, 9.17) is 8.76 Å². The zero-order valence-corrected chi connectivity index (χ0v) is 8.34. The Morgan fingerprint density at radius 2 is 2.15 bits per heavy atom. The van der Waals surface area contributed by atoms with Crippen LogP contribution in [0.3, 0.4) is 0 Å². The van der Waals surface area contributed by atoms with Gasteiger partial charge in [-0.3, -0.25) is 9.78 Å². The van der Waals surface area contributed by atoms with Crippen LogP contribution in [0.25, 0.3) is 0 Å². The number of carbonyl (C=O) groups is 1. The number of hydrogen-bond acceptors (Lipinski definition) is 6. The summed E-state index contributed by atoms with van der Waals surface area (Å²) in [7, 11) is -2.03. The van der Waals surface area contributed by atoms with E-state index in [1.165, 1.54) is 25.5 Å². The summed E-state index contributed by atoms with van der Waals surface area (Å²) in [5.41, 5.74) is 0.414. The van der Waals surface area contributed by atoms with Crippen LogP contribution in [-0.2, 0) is 25.0 Å². The first-order chi connectivity index (χ1) is 6.04. The standard InChI is InChI=1S/C6H6N2O.HO2S2/c1-5(9)6-4-7-2-3-8-6;1-4(2)3/h2-4H,1H3;(H,1,2,3)/q;-1. The molecule has 0 aliphatic heterocycles. The molecule has 7 heteroatoms. The molecule has 1 aromatic heterocycles. The molecule has 1 aromatic rings. The highest BCUT2D eigenvalue weighted by Gasteiger charge is 1.96. The molecule has 1 rings (SSSR count). The molecule has 0 spiro atoms. The van der Waals surface area contributed by atoms with Crippen molar-refractivity contribution in [1.82, 2.24) is 9.97 Å². The van der Waals surface area contributed by atoms with Crippen molar-refractivity contribution in [2.75, 3.05) is 0 Å². The maximum Gasteiger partial charge on any atom is 0.179 e. The normalized spacial score (nSPS) is 8.85. The Labute approximate surface area is 81.8 Å². The van der Waals surface area contributed by atoms with Gasteiger partial charge in [-0.25, -0.2) is 16.2 Å². The lowest BCUT2D eigenvalue weighted by Crippen LogP contribution is -1.95. The Kier molecular flexibility index (Phi) is 6.11. The minimum Gasteiger partial charge on any atom is -0.459 e. The lowest BCUT2D eigenvalue weighted by Gasteiger charge is -1.87. The molecule has 0 radical (unpaired) electrons. The number of hydrogen-bond donors (Lipinski definition) is 1. The van der Waals surface area contributed by atoms with Crippen molar-refractivity contribution in [3.8, 4) is 0 Å². The van der Waals surface area contributed by atoms with Gasteiger partial charge >= 0.3 is 0 Å². The van der Waals surface area contributed by atoms with Gasteiger partial charge in [-0.05, 0) is 0 Å². The van der Waals surface area contributed by atoms with E-state index in [1.54, 1.807) is 0 Å². The molecule has 0 amide bonds. The average Bonchev–Trinajstić information content (AvgIpc) is 2.05. The van der Waals surface area contributed by atoms with Gasteiger partial charge in [0.15, 0.2) is 5.78 Å². The zero-order valence-electron chi connectivity index (χ0n) is 6.71. The molecule has 1 N–H and O–H groups in total. The second kappa shape index (κ2) is 6.58. The van der Waals surface area contributed by atoms with E-state index in [-0.39, 0.29) is 5.78 Å². The molecule has 0 aliphatic rings. The second-order valence-electron chi connectivity index (χ2n) is 1.86. The Bertz CT molecular complexity index is 329. The fourth-order valence-electron chi connectivity index (χ4n) is 0.481. The predicted octanol–water partition coefficient (Wildman–Crippen LogP) is 0.564. The highest BCUT2D eigenvalue weighted by atomic mass is 32.8. The van der Waals surface area contributed by atoms with Crippen LogP contribution in [0.15, 0.2) is 18.6 Å². The Morgan fingerprint density at radius 3 is 2.38 bits per heavy atom. The first-order valence-corrected chi connectivity index (χ1v) is 5.12. The molecule has 0 unspecified atom stereocenters. The van der Waals surface area contributed by atoms with Crippen molar-refractivity contribution in [2.45, 2.75) is 6.92 Å². The Morgan fingerprint density at radius 1 is 1.62 bits per heavy atom. The summed E-state index contributed by atoms with van der Waals surface area (Å²) in [4.78, 5) is 18.0. The van der Waals surface area contributed by atoms with E-state index in [2.05, 4.69) is 21.2 Å². The minimum atomic E-state index is -2.03. The summed E-state index contributed by atoms with van der Waals surface area (Å²) < 4.78 is 16.3. The van der Waals surface area contributed by atoms with Gasteiger partial charge in [0.25, 0.3) is 0 Å². The lowest BCUT2D eigenvalue weighted by atomic mass is 10.3. The van der Waals surface area contributed by atoms with Crippen molar-refractivity contribution >= 4 is 26.6 Å². The third kappa shape index (κ3) is 7.44. The van der Waals surface area contributed by atoms with Gasteiger partial charge in [0, 0.05) is 19.3 Å². The molecule has 5 nitrogen and oxygen atoms in total. The summed E-state index contributed by atoms with van der Waals surface area (Å²) in [6.45, 7) is 1.46. The monoisotopic (exact) mass is 219 g/mol. The van der Waals surface area contributed by atoms with Crippen molar-refractivity contribution in [1.29, 1.82) is 0 Å². The van der Waals surface area contributed by atoms with Gasteiger partial charge in [-0.15, -0.1) is 0 Å². The lowest BCUT2D eigenvalue weighted by molar-refractivity contribution is 0.101. The van der Waals surface area contributed by atoms with Crippen LogP contribution >= 0.6 is 0 Å². The predicted molar refractivity (Wildman–Crippen MR) is 50.1 cm³/mol. The van der Waals surface area contributed by atoms with E-state index < -0.39 is 9.64 Å². The third-order valence-electron chi connectivity index (χ3n) is 0.924. The average molecular weight is 219 g/mol. The highest BCUT2D eigenvalue weighted by Crippen LogP contribution is 1.88. The summed E-state index contributed by atoms with van der Waals surface area (Å²) >= 11 is 3.65. The van der Waals surface area contributed by atoms with Crippen molar-refractivity contribution < 1.29 is 13.6 Å². The fraction of sp³-hybridized carbons (Fsp3) is 0.167. The molecule has 0 aliphatic carbocycles. The van der Waals surface area contributed by atoms with Crippen LogP contribution in [0.2, 0.25) is 0 Å². The third-order valence-corrected chi connectivity index (χ3v) is 0.924. The topological polar surface area (TPSA) is 80.2 Å². The van der Waals surface area contributed by atoms with Gasteiger partial charge in [0.1, 0.15) is 5.69 Å². The quantitative estimate of drug-likeness (QED) is 0.422. The number of aromatic nitrogens is 2. The molecule has 0 saturated heterocycles. The molecule has 0 atom stereocenters. The molecule has 72 valence electrons. The number of carbonyl (C=O) groups excluding carboxylic acids is 1. The van der Waals surface area contributed by atoms with Gasteiger partial charge in [-0.2, -0.15) is 0 Å². The first-order valence-electron chi connectivity index (χ1n) is 3.09. The Hall–Kier alpha value is -0.920. The second-order valence-corrected chi connectivity index (χ2v) is 3.15.